The van der Waals surface area contributed by atoms with Crippen LogP contribution < -0.4 is 10.6 Å². The molecule has 1 aromatic rings. The van der Waals surface area contributed by atoms with Gasteiger partial charge in [0.2, 0.25) is 0 Å². The predicted octanol–water partition coefficient (Wildman–Crippen LogP) is 1.02. The van der Waals surface area contributed by atoms with Gasteiger partial charge in [0.1, 0.15) is 4.88 Å². The van der Waals surface area contributed by atoms with E-state index in [0.29, 0.717) is 29.4 Å². The summed E-state index contributed by atoms with van der Waals surface area (Å²) in [5, 5.41) is 0.926. The van der Waals surface area contributed by atoms with E-state index in [1.165, 1.54) is 11.3 Å². The molecule has 0 radical (unpaired) electrons. The number of nitrogens with two attached hydrogens (primary N) is 1. The van der Waals surface area contributed by atoms with Crippen LogP contribution >= 0.6 is 11.3 Å². The zero-order chi connectivity index (χ0) is 12.9. The number of anilines is 1. The first-order valence-electron chi connectivity index (χ1n) is 6.27. The topological polar surface area (TPSA) is 68.5 Å². The first kappa shape index (κ1) is 11.9. The molecule has 2 atom stereocenters. The molecule has 2 heterocycles. The Labute approximate surface area is 110 Å². The molecule has 0 aromatic carbocycles. The van der Waals surface area contributed by atoms with E-state index in [4.69, 9.17) is 10.5 Å². The molecule has 1 saturated carbocycles. The number of hydrogen-bond donors (Lipinski definition) is 1. The summed E-state index contributed by atoms with van der Waals surface area (Å²) in [6, 6.07) is 0.381. The molecule has 1 saturated heterocycles. The highest BCUT2D eigenvalue weighted by molar-refractivity contribution is 7.17. The first-order chi connectivity index (χ1) is 8.61. The van der Waals surface area contributed by atoms with Gasteiger partial charge < -0.3 is 15.4 Å². The van der Waals surface area contributed by atoms with Gasteiger partial charge >= 0.3 is 5.97 Å². The molecule has 18 heavy (non-hydrogen) atoms. The van der Waals surface area contributed by atoms with Crippen molar-refractivity contribution in [3.63, 3.8) is 0 Å². The molecule has 0 amide bonds. The number of ether oxygens (including phenoxy) is 1. The van der Waals surface area contributed by atoms with Gasteiger partial charge in [0.25, 0.3) is 0 Å². The fourth-order valence-corrected chi connectivity index (χ4v) is 3.61. The number of hydrogen-bond acceptors (Lipinski definition) is 6. The van der Waals surface area contributed by atoms with Crippen LogP contribution in [-0.4, -0.2) is 36.7 Å². The normalized spacial score (nSPS) is 29.3. The van der Waals surface area contributed by atoms with E-state index in [-0.39, 0.29) is 5.97 Å². The fraction of sp³-hybridized carbons (Fsp3) is 0.667. The quantitative estimate of drug-likeness (QED) is 0.828. The van der Waals surface area contributed by atoms with E-state index in [1.54, 1.807) is 0 Å². The molecule has 2 aliphatic rings. The van der Waals surface area contributed by atoms with Crippen LogP contribution in [0.5, 0.6) is 0 Å². The molecule has 2 N–H and O–H groups in total. The average Bonchev–Trinajstić information content (AvgIpc) is 2.76. The maximum atomic E-state index is 11.7. The van der Waals surface area contributed by atoms with Crippen molar-refractivity contribution in [1.29, 1.82) is 0 Å². The molecule has 0 bridgehead atoms. The number of rotatable bonds is 3. The summed E-state index contributed by atoms with van der Waals surface area (Å²) in [4.78, 5) is 19.1. The van der Waals surface area contributed by atoms with Crippen LogP contribution in [0, 0.1) is 18.8 Å². The number of piperidine rings is 1. The van der Waals surface area contributed by atoms with Gasteiger partial charge in [-0.25, -0.2) is 9.78 Å². The van der Waals surface area contributed by atoms with Crippen LogP contribution in [0.15, 0.2) is 0 Å². The zero-order valence-corrected chi connectivity index (χ0v) is 11.4. The molecule has 1 aromatic heterocycles. The number of aromatic nitrogens is 1. The van der Waals surface area contributed by atoms with E-state index < -0.39 is 0 Å². The Morgan fingerprint density at radius 2 is 2.22 bits per heavy atom. The lowest BCUT2D eigenvalue weighted by Crippen LogP contribution is -2.27. The van der Waals surface area contributed by atoms with E-state index in [9.17, 15) is 4.79 Å². The minimum atomic E-state index is -0.264. The van der Waals surface area contributed by atoms with Gasteiger partial charge in [-0.05, 0) is 25.7 Å². The van der Waals surface area contributed by atoms with Gasteiger partial charge in [-0.15, -0.1) is 0 Å². The van der Waals surface area contributed by atoms with Crippen molar-refractivity contribution in [2.45, 2.75) is 19.9 Å². The SMILES string of the molecule is CCOC(=O)c1sc(N2CC3C(N)C3C2)nc1C. The largest absolute Gasteiger partial charge is 0.462 e. The molecule has 1 aliphatic heterocycles. The Hall–Kier alpha value is -1.14. The highest BCUT2D eigenvalue weighted by atomic mass is 32.1. The second-order valence-electron chi connectivity index (χ2n) is 4.94. The Morgan fingerprint density at radius 1 is 1.56 bits per heavy atom. The smallest absolute Gasteiger partial charge is 0.350 e. The summed E-state index contributed by atoms with van der Waals surface area (Å²) in [7, 11) is 0. The Kier molecular flexibility index (Phi) is 2.79. The number of carbonyl (C=O) groups is 1. The molecular weight excluding hydrogens is 250 g/mol. The van der Waals surface area contributed by atoms with Crippen molar-refractivity contribution in [3.05, 3.63) is 10.6 Å². The maximum absolute atomic E-state index is 11.7. The summed E-state index contributed by atoms with van der Waals surface area (Å²) >= 11 is 1.43. The lowest BCUT2D eigenvalue weighted by Gasteiger charge is -2.17. The third-order valence-corrected chi connectivity index (χ3v) is 4.98. The standard InChI is InChI=1S/C12H17N3O2S/c1-3-17-11(16)10-6(2)14-12(18-10)15-4-7-8(5-15)9(7)13/h7-9H,3-5,13H2,1-2H3. The van der Waals surface area contributed by atoms with Gasteiger partial charge in [0, 0.05) is 19.1 Å². The van der Waals surface area contributed by atoms with E-state index in [2.05, 4.69) is 9.88 Å². The first-order valence-corrected chi connectivity index (χ1v) is 7.08. The van der Waals surface area contributed by atoms with Crippen molar-refractivity contribution in [2.24, 2.45) is 17.6 Å². The van der Waals surface area contributed by atoms with E-state index in [0.717, 1.165) is 23.9 Å². The Morgan fingerprint density at radius 3 is 2.83 bits per heavy atom. The Balaban J connectivity index is 1.75. The van der Waals surface area contributed by atoms with Gasteiger partial charge in [0.15, 0.2) is 5.13 Å². The number of nitrogens with zero attached hydrogens (tertiary/aromatic N) is 2. The molecule has 6 heteroatoms. The summed E-state index contributed by atoms with van der Waals surface area (Å²) in [5.41, 5.74) is 6.68. The Bertz CT molecular complexity index is 476. The number of thiazole rings is 1. The molecule has 98 valence electrons. The van der Waals surface area contributed by atoms with Crippen LogP contribution in [0.3, 0.4) is 0 Å². The average molecular weight is 267 g/mol. The van der Waals surface area contributed by atoms with Gasteiger partial charge in [-0.2, -0.15) is 0 Å². The summed E-state index contributed by atoms with van der Waals surface area (Å²) in [5.74, 6) is 0.986. The monoisotopic (exact) mass is 267 g/mol. The molecule has 0 spiro atoms. The minimum Gasteiger partial charge on any atom is -0.462 e. The van der Waals surface area contributed by atoms with Crippen LogP contribution in [0.25, 0.3) is 0 Å². The van der Waals surface area contributed by atoms with Crippen molar-refractivity contribution in [2.75, 3.05) is 24.6 Å². The van der Waals surface area contributed by atoms with Crippen LogP contribution in [0.4, 0.5) is 5.13 Å². The van der Waals surface area contributed by atoms with Crippen molar-refractivity contribution in [1.82, 2.24) is 4.98 Å². The van der Waals surface area contributed by atoms with Crippen molar-refractivity contribution in [3.8, 4) is 0 Å². The number of aryl methyl sites for hydroxylation is 1. The lowest BCUT2D eigenvalue weighted by molar-refractivity contribution is 0.0531. The van der Waals surface area contributed by atoms with E-state index >= 15 is 0 Å². The van der Waals surface area contributed by atoms with Crippen molar-refractivity contribution >= 4 is 22.4 Å². The van der Waals surface area contributed by atoms with Crippen molar-refractivity contribution < 1.29 is 9.53 Å². The third-order valence-electron chi connectivity index (χ3n) is 3.78. The van der Waals surface area contributed by atoms with Crippen LogP contribution in [-0.2, 0) is 4.74 Å². The summed E-state index contributed by atoms with van der Waals surface area (Å²) in [6.07, 6.45) is 0. The zero-order valence-electron chi connectivity index (χ0n) is 10.5. The predicted molar refractivity (Wildman–Crippen MR) is 70.0 cm³/mol. The molecule has 3 rings (SSSR count). The second-order valence-corrected chi connectivity index (χ2v) is 5.92. The molecule has 2 unspecified atom stereocenters. The fourth-order valence-electron chi connectivity index (χ4n) is 2.63. The molecule has 5 nitrogen and oxygen atoms in total. The number of fused-ring (bicyclic) bond motifs is 1. The highest BCUT2D eigenvalue weighted by Crippen LogP contribution is 2.46. The lowest BCUT2D eigenvalue weighted by atomic mass is 10.4. The summed E-state index contributed by atoms with van der Waals surface area (Å²) in [6.45, 7) is 6.01. The summed E-state index contributed by atoms with van der Waals surface area (Å²) < 4.78 is 5.02. The molecule has 2 fully saturated rings. The third kappa shape index (κ3) is 1.80. The highest BCUT2D eigenvalue weighted by Gasteiger charge is 2.54. The van der Waals surface area contributed by atoms with Crippen LogP contribution in [0.1, 0.15) is 22.3 Å². The van der Waals surface area contributed by atoms with Gasteiger partial charge in [-0.1, -0.05) is 11.3 Å². The number of carbonyl (C=O) groups excluding carboxylic acids is 1. The minimum absolute atomic E-state index is 0.264. The molecular formula is C12H17N3O2S. The van der Waals surface area contributed by atoms with Gasteiger partial charge in [0.05, 0.1) is 12.3 Å². The van der Waals surface area contributed by atoms with Crippen LogP contribution in [0.2, 0.25) is 0 Å². The maximum Gasteiger partial charge on any atom is 0.350 e. The van der Waals surface area contributed by atoms with E-state index in [1.807, 2.05) is 13.8 Å². The van der Waals surface area contributed by atoms with Gasteiger partial charge in [-0.3, -0.25) is 0 Å². The second kappa shape index (κ2) is 4.20. The molecule has 1 aliphatic carbocycles. The number of esters is 1.